The van der Waals surface area contributed by atoms with Crippen molar-refractivity contribution in [2.45, 2.75) is 17.4 Å². The van der Waals surface area contributed by atoms with Crippen molar-refractivity contribution in [2.24, 2.45) is 0 Å². The van der Waals surface area contributed by atoms with Crippen molar-refractivity contribution in [3.63, 3.8) is 0 Å². The molecule has 0 spiro atoms. The SMILES string of the molecule is N#Cc1cccc(NC(=O)[C@H](Cc2ccccc2)NS(=O)(=O)c2cccc3cccnc23)c1. The molecule has 164 valence electrons. The normalized spacial score (nSPS) is 12.1. The largest absolute Gasteiger partial charge is 0.325 e. The number of hydrogen-bond donors (Lipinski definition) is 2. The Kier molecular flexibility index (Phi) is 6.45. The summed E-state index contributed by atoms with van der Waals surface area (Å²) in [5, 5.41) is 12.5. The zero-order valence-corrected chi connectivity index (χ0v) is 18.3. The van der Waals surface area contributed by atoms with Crippen LogP contribution in [-0.2, 0) is 21.2 Å². The van der Waals surface area contributed by atoms with E-state index in [-0.39, 0.29) is 11.3 Å². The first kappa shape index (κ1) is 22.1. The quantitative estimate of drug-likeness (QED) is 0.441. The first-order valence-electron chi connectivity index (χ1n) is 10.2. The molecule has 4 rings (SSSR count). The number of para-hydroxylation sites is 1. The maximum absolute atomic E-state index is 13.3. The minimum absolute atomic E-state index is 0.00191. The van der Waals surface area contributed by atoms with Crippen LogP contribution in [0.15, 0.2) is 96.0 Å². The van der Waals surface area contributed by atoms with Crippen molar-refractivity contribution in [2.75, 3.05) is 5.32 Å². The molecule has 1 heterocycles. The minimum Gasteiger partial charge on any atom is -0.325 e. The maximum atomic E-state index is 13.3. The van der Waals surface area contributed by atoms with Gasteiger partial charge in [-0.3, -0.25) is 9.78 Å². The number of anilines is 1. The molecule has 7 nitrogen and oxygen atoms in total. The zero-order chi connectivity index (χ0) is 23.3. The number of nitrogens with zero attached hydrogens (tertiary/aromatic N) is 2. The van der Waals surface area contributed by atoms with Gasteiger partial charge >= 0.3 is 0 Å². The van der Waals surface area contributed by atoms with Crippen LogP contribution in [0.25, 0.3) is 10.9 Å². The van der Waals surface area contributed by atoms with Gasteiger partial charge < -0.3 is 5.32 Å². The van der Waals surface area contributed by atoms with E-state index in [4.69, 9.17) is 5.26 Å². The summed E-state index contributed by atoms with van der Waals surface area (Å²) >= 11 is 0. The van der Waals surface area contributed by atoms with Crippen LogP contribution in [0, 0.1) is 11.3 Å². The predicted octanol–water partition coefficient (Wildman–Crippen LogP) is 3.63. The molecule has 0 saturated heterocycles. The maximum Gasteiger partial charge on any atom is 0.243 e. The lowest BCUT2D eigenvalue weighted by Gasteiger charge is -2.19. The molecule has 33 heavy (non-hydrogen) atoms. The third-order valence-electron chi connectivity index (χ3n) is 5.04. The Morgan fingerprint density at radius 2 is 1.73 bits per heavy atom. The average Bonchev–Trinajstić information content (AvgIpc) is 2.84. The molecule has 0 aliphatic rings. The monoisotopic (exact) mass is 456 g/mol. The van der Waals surface area contributed by atoms with E-state index in [1.165, 1.54) is 18.3 Å². The van der Waals surface area contributed by atoms with Gasteiger partial charge in [0.1, 0.15) is 10.9 Å². The molecule has 1 amide bonds. The lowest BCUT2D eigenvalue weighted by atomic mass is 10.1. The summed E-state index contributed by atoms with van der Waals surface area (Å²) in [5.74, 6) is -0.536. The van der Waals surface area contributed by atoms with Crippen LogP contribution in [0.3, 0.4) is 0 Å². The Bertz CT molecular complexity index is 1440. The van der Waals surface area contributed by atoms with Crippen molar-refractivity contribution in [1.29, 1.82) is 5.26 Å². The molecular formula is C25H20N4O3S. The smallest absolute Gasteiger partial charge is 0.243 e. The lowest BCUT2D eigenvalue weighted by molar-refractivity contribution is -0.117. The minimum atomic E-state index is -4.08. The van der Waals surface area contributed by atoms with E-state index in [1.54, 1.807) is 42.5 Å². The number of rotatable bonds is 7. The van der Waals surface area contributed by atoms with E-state index in [2.05, 4.69) is 15.0 Å². The van der Waals surface area contributed by atoms with Gasteiger partial charge in [-0.1, -0.05) is 54.6 Å². The standard InChI is InChI=1S/C25H20N4O3S/c26-17-19-9-4-12-21(15-19)28-25(30)22(16-18-7-2-1-3-8-18)29-33(31,32)23-13-5-10-20-11-6-14-27-24(20)23/h1-15,22,29H,16H2,(H,28,30)/t22-/m0/s1. The highest BCUT2D eigenvalue weighted by Crippen LogP contribution is 2.21. The van der Waals surface area contributed by atoms with E-state index >= 15 is 0 Å². The highest BCUT2D eigenvalue weighted by atomic mass is 32.2. The number of carbonyl (C=O) groups excluding carboxylic acids is 1. The van der Waals surface area contributed by atoms with E-state index in [0.29, 0.717) is 22.2 Å². The third kappa shape index (κ3) is 5.23. The number of fused-ring (bicyclic) bond motifs is 1. The number of carbonyl (C=O) groups is 1. The number of nitriles is 1. The number of sulfonamides is 1. The van der Waals surface area contributed by atoms with Gasteiger partial charge in [0.15, 0.2) is 0 Å². The fraction of sp³-hybridized carbons (Fsp3) is 0.0800. The molecule has 0 radical (unpaired) electrons. The van der Waals surface area contributed by atoms with Crippen LogP contribution in [0.2, 0.25) is 0 Å². The van der Waals surface area contributed by atoms with Gasteiger partial charge in [-0.15, -0.1) is 0 Å². The Balaban J connectivity index is 1.66. The van der Waals surface area contributed by atoms with E-state index in [9.17, 15) is 13.2 Å². The number of aromatic nitrogens is 1. The van der Waals surface area contributed by atoms with Gasteiger partial charge in [0.2, 0.25) is 15.9 Å². The number of hydrogen-bond acceptors (Lipinski definition) is 5. The molecule has 8 heteroatoms. The van der Waals surface area contributed by atoms with Gasteiger partial charge in [0.05, 0.1) is 17.1 Å². The van der Waals surface area contributed by atoms with Gasteiger partial charge in [-0.2, -0.15) is 9.98 Å². The van der Waals surface area contributed by atoms with Gasteiger partial charge in [0.25, 0.3) is 0 Å². The molecule has 0 aliphatic heterocycles. The van der Waals surface area contributed by atoms with Gasteiger partial charge in [-0.25, -0.2) is 8.42 Å². The zero-order valence-electron chi connectivity index (χ0n) is 17.5. The predicted molar refractivity (Wildman–Crippen MR) is 126 cm³/mol. The van der Waals surface area contributed by atoms with Crippen LogP contribution >= 0.6 is 0 Å². The first-order valence-corrected chi connectivity index (χ1v) is 11.7. The first-order chi connectivity index (χ1) is 16.0. The molecule has 3 aromatic carbocycles. The summed E-state index contributed by atoms with van der Waals surface area (Å²) < 4.78 is 29.2. The number of amides is 1. The van der Waals surface area contributed by atoms with E-state index < -0.39 is 22.0 Å². The number of pyridine rings is 1. The van der Waals surface area contributed by atoms with Crippen molar-refractivity contribution >= 4 is 32.5 Å². The Morgan fingerprint density at radius 3 is 2.52 bits per heavy atom. The summed E-state index contributed by atoms with van der Waals surface area (Å²) in [7, 11) is -4.08. The molecule has 0 aliphatic carbocycles. The molecular weight excluding hydrogens is 436 g/mol. The van der Waals surface area contributed by atoms with E-state index in [0.717, 1.165) is 5.56 Å². The summed E-state index contributed by atoms with van der Waals surface area (Å²) in [5.41, 5.74) is 1.91. The second-order valence-corrected chi connectivity index (χ2v) is 9.06. The van der Waals surface area contributed by atoms with Crippen LogP contribution in [-0.4, -0.2) is 25.4 Å². The van der Waals surface area contributed by atoms with Crippen LogP contribution in [0.4, 0.5) is 5.69 Å². The van der Waals surface area contributed by atoms with Gasteiger partial charge in [0, 0.05) is 17.3 Å². The second-order valence-electron chi connectivity index (χ2n) is 7.38. The van der Waals surface area contributed by atoms with E-state index in [1.807, 2.05) is 36.4 Å². The molecule has 0 saturated carbocycles. The summed E-state index contributed by atoms with van der Waals surface area (Å²) in [6.07, 6.45) is 1.67. The number of benzene rings is 3. The van der Waals surface area contributed by atoms with Crippen molar-refractivity contribution < 1.29 is 13.2 Å². The Morgan fingerprint density at radius 1 is 0.970 bits per heavy atom. The third-order valence-corrected chi connectivity index (χ3v) is 6.54. The Labute approximate surface area is 191 Å². The molecule has 1 aromatic heterocycles. The van der Waals surface area contributed by atoms with Crippen LogP contribution < -0.4 is 10.0 Å². The van der Waals surface area contributed by atoms with Crippen molar-refractivity contribution in [3.8, 4) is 6.07 Å². The summed E-state index contributed by atoms with van der Waals surface area (Å²) in [6.45, 7) is 0. The molecule has 4 aromatic rings. The summed E-state index contributed by atoms with van der Waals surface area (Å²) in [4.78, 5) is 17.4. The topological polar surface area (TPSA) is 112 Å². The molecule has 0 unspecified atom stereocenters. The molecule has 2 N–H and O–H groups in total. The van der Waals surface area contributed by atoms with Crippen LogP contribution in [0.1, 0.15) is 11.1 Å². The lowest BCUT2D eigenvalue weighted by Crippen LogP contribution is -2.45. The Hall–Kier alpha value is -4.06. The molecule has 0 fully saturated rings. The fourth-order valence-corrected chi connectivity index (χ4v) is 4.85. The van der Waals surface area contributed by atoms with Gasteiger partial charge in [-0.05, 0) is 42.3 Å². The average molecular weight is 457 g/mol. The van der Waals surface area contributed by atoms with Crippen molar-refractivity contribution in [1.82, 2.24) is 9.71 Å². The second kappa shape index (κ2) is 9.61. The fourth-order valence-electron chi connectivity index (χ4n) is 3.48. The molecule has 1 atom stereocenters. The van der Waals surface area contributed by atoms with Crippen LogP contribution in [0.5, 0.6) is 0 Å². The molecule has 0 bridgehead atoms. The summed E-state index contributed by atoms with van der Waals surface area (Å²) in [6, 6.07) is 24.9. The highest BCUT2D eigenvalue weighted by Gasteiger charge is 2.28. The van der Waals surface area contributed by atoms with Crippen molar-refractivity contribution in [3.05, 3.63) is 102 Å². The number of nitrogens with one attached hydrogen (secondary N) is 2. The highest BCUT2D eigenvalue weighted by molar-refractivity contribution is 7.89.